The molecule has 3 N–H and O–H groups in total. The Labute approximate surface area is 165 Å². The molecule has 2 rings (SSSR count). The largest absolute Gasteiger partial charge is 0.492 e. The molecule has 0 fully saturated rings. The van der Waals surface area contributed by atoms with Crippen molar-refractivity contribution in [1.29, 1.82) is 0 Å². The quantitative estimate of drug-likeness (QED) is 0.540. The molecule has 27 heavy (non-hydrogen) atoms. The lowest BCUT2D eigenvalue weighted by molar-refractivity contribution is 0.0536. The van der Waals surface area contributed by atoms with Gasteiger partial charge in [0.05, 0.1) is 18.6 Å². The first-order valence-corrected chi connectivity index (χ1v) is 9.31. The summed E-state index contributed by atoms with van der Waals surface area (Å²) >= 11 is 5.85. The van der Waals surface area contributed by atoms with Gasteiger partial charge in [-0.05, 0) is 35.4 Å². The van der Waals surface area contributed by atoms with Gasteiger partial charge in [-0.3, -0.25) is 0 Å². The highest BCUT2D eigenvalue weighted by Crippen LogP contribution is 2.33. The third kappa shape index (κ3) is 6.11. The summed E-state index contributed by atoms with van der Waals surface area (Å²) < 4.78 is 11.0. The van der Waals surface area contributed by atoms with Crippen LogP contribution in [0.3, 0.4) is 0 Å². The van der Waals surface area contributed by atoms with Gasteiger partial charge in [-0.25, -0.2) is 0 Å². The lowest BCUT2D eigenvalue weighted by atomic mass is 9.78. The molecule has 0 aliphatic carbocycles. The number of ether oxygens (including phenoxy) is 2. The number of aliphatic hydroxyl groups excluding tert-OH is 3. The van der Waals surface area contributed by atoms with Gasteiger partial charge >= 0.3 is 0 Å². The molecule has 0 saturated carbocycles. The monoisotopic (exact) mass is 394 g/mol. The molecule has 0 heterocycles. The van der Waals surface area contributed by atoms with Crippen molar-refractivity contribution < 1.29 is 24.8 Å². The molecule has 2 atom stereocenters. The van der Waals surface area contributed by atoms with E-state index < -0.39 is 11.5 Å². The normalized spacial score (nSPS) is 13.9. The van der Waals surface area contributed by atoms with Gasteiger partial charge in [-0.1, -0.05) is 38.1 Å². The highest BCUT2D eigenvalue weighted by atomic mass is 35.5. The minimum absolute atomic E-state index is 0.0557. The Bertz CT molecular complexity index is 625. The molecule has 2 aromatic rings. The fourth-order valence-corrected chi connectivity index (χ4v) is 2.65. The Morgan fingerprint density at radius 3 is 1.67 bits per heavy atom. The van der Waals surface area contributed by atoms with Crippen molar-refractivity contribution in [2.75, 3.05) is 26.4 Å². The Kier molecular flexibility index (Phi) is 7.92. The van der Waals surface area contributed by atoms with Crippen molar-refractivity contribution >= 4 is 11.6 Å². The van der Waals surface area contributed by atoms with Crippen LogP contribution in [-0.4, -0.2) is 53.2 Å². The van der Waals surface area contributed by atoms with E-state index in [-0.39, 0.29) is 31.8 Å². The molecule has 0 aromatic heterocycles. The Morgan fingerprint density at radius 2 is 1.26 bits per heavy atom. The van der Waals surface area contributed by atoms with Crippen LogP contribution in [0.25, 0.3) is 0 Å². The molecular formula is C21H27ClO5. The van der Waals surface area contributed by atoms with E-state index in [1.165, 1.54) is 0 Å². The van der Waals surface area contributed by atoms with Crippen LogP contribution in [0.2, 0.25) is 0 Å². The molecule has 0 radical (unpaired) electrons. The van der Waals surface area contributed by atoms with Crippen molar-refractivity contribution in [3.63, 3.8) is 0 Å². The minimum Gasteiger partial charge on any atom is -0.492 e. The first-order chi connectivity index (χ1) is 12.9. The molecule has 5 nitrogen and oxygen atoms in total. The van der Waals surface area contributed by atoms with Crippen LogP contribution < -0.4 is 9.47 Å². The zero-order valence-corrected chi connectivity index (χ0v) is 16.4. The predicted molar refractivity (Wildman–Crippen MR) is 106 cm³/mol. The second kappa shape index (κ2) is 9.95. The highest BCUT2D eigenvalue weighted by Gasteiger charge is 2.23. The number of rotatable bonds is 10. The van der Waals surface area contributed by atoms with Crippen LogP contribution in [0.5, 0.6) is 11.5 Å². The van der Waals surface area contributed by atoms with E-state index in [1.807, 2.05) is 48.5 Å². The molecule has 148 valence electrons. The molecule has 0 unspecified atom stereocenters. The maximum absolute atomic E-state index is 9.35. The third-order valence-electron chi connectivity index (χ3n) is 4.43. The zero-order chi connectivity index (χ0) is 19.9. The fourth-order valence-electron chi connectivity index (χ4n) is 2.59. The van der Waals surface area contributed by atoms with E-state index in [0.29, 0.717) is 11.5 Å². The van der Waals surface area contributed by atoms with Crippen LogP contribution in [0.15, 0.2) is 48.5 Å². The van der Waals surface area contributed by atoms with Gasteiger partial charge in [0.1, 0.15) is 30.8 Å². The number of halogens is 1. The summed E-state index contributed by atoms with van der Waals surface area (Å²) in [6, 6.07) is 15.5. The average Bonchev–Trinajstić information content (AvgIpc) is 2.70. The minimum atomic E-state index is -0.881. The van der Waals surface area contributed by atoms with Crippen molar-refractivity contribution in [2.24, 2.45) is 0 Å². The third-order valence-corrected chi connectivity index (χ3v) is 4.70. The smallest absolute Gasteiger partial charge is 0.119 e. The van der Waals surface area contributed by atoms with Crippen LogP contribution >= 0.6 is 11.6 Å². The maximum Gasteiger partial charge on any atom is 0.119 e. The van der Waals surface area contributed by atoms with Gasteiger partial charge in [0.2, 0.25) is 0 Å². The second-order valence-electron chi connectivity index (χ2n) is 6.91. The van der Waals surface area contributed by atoms with Gasteiger partial charge in [0.25, 0.3) is 0 Å². The molecular weight excluding hydrogens is 368 g/mol. The van der Waals surface area contributed by atoms with Crippen LogP contribution in [0, 0.1) is 0 Å². The van der Waals surface area contributed by atoms with Crippen LogP contribution in [0.1, 0.15) is 25.0 Å². The number of alkyl halides is 1. The van der Waals surface area contributed by atoms with Gasteiger partial charge in [-0.2, -0.15) is 0 Å². The van der Waals surface area contributed by atoms with Gasteiger partial charge in [0, 0.05) is 5.41 Å². The summed E-state index contributed by atoms with van der Waals surface area (Å²) in [4.78, 5) is 0. The van der Waals surface area contributed by atoms with Crippen molar-refractivity contribution in [3.8, 4) is 11.5 Å². The molecule has 6 heteroatoms. The van der Waals surface area contributed by atoms with Crippen molar-refractivity contribution in [3.05, 3.63) is 59.7 Å². The van der Waals surface area contributed by atoms with Crippen LogP contribution in [0.4, 0.5) is 0 Å². The first kappa shape index (κ1) is 21.5. The number of aliphatic hydroxyl groups is 3. The summed E-state index contributed by atoms with van der Waals surface area (Å²) in [5.74, 6) is 1.35. The molecule has 0 saturated heterocycles. The number of hydrogen-bond donors (Lipinski definition) is 3. The van der Waals surface area contributed by atoms with Crippen molar-refractivity contribution in [1.82, 2.24) is 0 Å². The molecule has 0 aliphatic rings. The number of hydrogen-bond acceptors (Lipinski definition) is 5. The van der Waals surface area contributed by atoms with E-state index in [4.69, 9.17) is 31.3 Å². The molecule has 0 aliphatic heterocycles. The summed E-state index contributed by atoms with van der Waals surface area (Å²) in [7, 11) is 0. The van der Waals surface area contributed by atoms with E-state index in [9.17, 15) is 5.11 Å². The van der Waals surface area contributed by atoms with Gasteiger partial charge < -0.3 is 24.8 Å². The molecule has 0 spiro atoms. The second-order valence-corrected chi connectivity index (χ2v) is 7.53. The summed E-state index contributed by atoms with van der Waals surface area (Å²) in [6.07, 6.45) is -0.881. The van der Waals surface area contributed by atoms with E-state index in [1.54, 1.807) is 0 Å². The summed E-state index contributed by atoms with van der Waals surface area (Å²) in [5, 5.41) is 26.7. The Balaban J connectivity index is 2.04. The SMILES string of the molecule is CC(C)(c1ccc(OC[C@@H](O)CO)cc1)c1ccc(OC[C@H](Cl)CO)cc1. The molecule has 0 bridgehead atoms. The van der Waals surface area contributed by atoms with Gasteiger partial charge in [0.15, 0.2) is 0 Å². The lowest BCUT2D eigenvalue weighted by Crippen LogP contribution is -2.21. The molecule has 0 amide bonds. The Morgan fingerprint density at radius 1 is 0.815 bits per heavy atom. The number of benzene rings is 2. The van der Waals surface area contributed by atoms with E-state index >= 15 is 0 Å². The zero-order valence-electron chi connectivity index (χ0n) is 15.6. The van der Waals surface area contributed by atoms with Crippen molar-refractivity contribution in [2.45, 2.75) is 30.7 Å². The van der Waals surface area contributed by atoms with E-state index in [0.717, 1.165) is 11.1 Å². The standard InChI is InChI=1S/C21H27ClO5/c1-21(2,15-3-7-19(8-4-15)26-13-17(22)11-23)16-5-9-20(10-6-16)27-14-18(25)12-24/h3-10,17-18,23-25H,11-14H2,1-2H3/t17-,18+/m1/s1. The highest BCUT2D eigenvalue weighted by molar-refractivity contribution is 6.20. The predicted octanol–water partition coefficient (Wildman–Crippen LogP) is 2.72. The summed E-state index contributed by atoms with van der Waals surface area (Å²) in [6.45, 7) is 4.14. The topological polar surface area (TPSA) is 79.2 Å². The average molecular weight is 395 g/mol. The fraction of sp³-hybridized carbons (Fsp3) is 0.429. The lowest BCUT2D eigenvalue weighted by Gasteiger charge is -2.26. The maximum atomic E-state index is 9.35. The van der Waals surface area contributed by atoms with Crippen LogP contribution in [-0.2, 0) is 5.41 Å². The van der Waals surface area contributed by atoms with Gasteiger partial charge in [-0.15, -0.1) is 11.6 Å². The molecule has 2 aromatic carbocycles. The van der Waals surface area contributed by atoms with E-state index in [2.05, 4.69) is 13.8 Å². The Hall–Kier alpha value is -1.79. The summed E-state index contributed by atoms with van der Waals surface area (Å²) in [5.41, 5.74) is 2.03. The first-order valence-electron chi connectivity index (χ1n) is 8.87.